The maximum Gasteiger partial charge on any atom is 0.459 e. The number of halogens is 3. The first-order valence-corrected chi connectivity index (χ1v) is 16.2. The quantitative estimate of drug-likeness (QED) is 0.271. The number of nitrogens with zero attached hydrogens (tertiary/aromatic N) is 4. The SMILES string of the molecule is CC(C)C[C@H]1NP(=O)(Oc2ccccc2)OC[C@H]2O[C@@H](c3cnc4c(ncnn34)OCC(F)(F)CCCCOC1=O)[C@@](O)(F)[C@@H]2O. The number of aliphatic hydroxyl groups is 2. The molecule has 3 N–H and O–H groups in total. The Kier molecular flexibility index (Phi) is 10.2. The molecule has 2 aliphatic heterocycles. The van der Waals surface area contributed by atoms with Crippen molar-refractivity contribution in [2.75, 3.05) is 19.8 Å². The van der Waals surface area contributed by atoms with Gasteiger partial charge in [0, 0.05) is 6.42 Å². The number of carbonyl (C=O) groups excluding carboxylic acids is 1. The topological polar surface area (TPSA) is 176 Å². The van der Waals surface area contributed by atoms with Gasteiger partial charge in [0.2, 0.25) is 5.65 Å². The zero-order chi connectivity index (χ0) is 33.1. The Hall–Kier alpha value is -3.34. The van der Waals surface area contributed by atoms with E-state index in [0.717, 1.165) is 17.0 Å². The second-order valence-electron chi connectivity index (χ2n) is 11.5. The summed E-state index contributed by atoms with van der Waals surface area (Å²) in [4.78, 5) is 21.0. The van der Waals surface area contributed by atoms with E-state index in [-0.39, 0.29) is 54.8 Å². The predicted molar refractivity (Wildman–Crippen MR) is 153 cm³/mol. The van der Waals surface area contributed by atoms with E-state index in [0.29, 0.717) is 0 Å². The molecule has 4 heterocycles. The van der Waals surface area contributed by atoms with Gasteiger partial charge in [-0.1, -0.05) is 32.0 Å². The normalized spacial score (nSPS) is 31.3. The van der Waals surface area contributed by atoms with Crippen molar-refractivity contribution in [3.63, 3.8) is 0 Å². The number of hydrogen-bond donors (Lipinski definition) is 3. The minimum Gasteiger partial charge on any atom is -0.469 e. The van der Waals surface area contributed by atoms with Crippen molar-refractivity contribution in [3.05, 3.63) is 48.5 Å². The van der Waals surface area contributed by atoms with Crippen molar-refractivity contribution in [1.82, 2.24) is 24.7 Å². The number of nitrogens with one attached hydrogen (secondary N) is 1. The standard InChI is InChI=1S/C28H35F3N5O9P/c1-17(2)12-19-26(38)41-11-7-6-10-27(29,30)15-42-25-24-32-13-20(36(24)34-16-33-25)23-28(31,39)22(37)21(44-23)14-43-46(40,35-19)45-18-8-4-3-5-9-18/h3-5,8-9,13,16-17,19,21-23,37,39H,6-7,10-12,14-15H2,1-2H3,(H,35,40)/t19-,21-,22-,23+,28-,46?/m1/s1. The van der Waals surface area contributed by atoms with Gasteiger partial charge in [-0.3, -0.25) is 9.32 Å². The van der Waals surface area contributed by atoms with Crippen LogP contribution in [-0.4, -0.2) is 85.6 Å². The number of imidazole rings is 1. The van der Waals surface area contributed by atoms with E-state index in [2.05, 4.69) is 20.2 Å². The van der Waals surface area contributed by atoms with Gasteiger partial charge in [-0.2, -0.15) is 15.2 Å². The van der Waals surface area contributed by atoms with E-state index in [1.54, 1.807) is 32.0 Å². The van der Waals surface area contributed by atoms with E-state index in [1.165, 1.54) is 12.1 Å². The fraction of sp³-hybridized carbons (Fsp3) is 0.571. The lowest BCUT2D eigenvalue weighted by atomic mass is 10.0. The van der Waals surface area contributed by atoms with Crippen LogP contribution in [-0.2, 0) is 23.4 Å². The number of ether oxygens (including phenoxy) is 3. The van der Waals surface area contributed by atoms with Gasteiger partial charge in [-0.15, -0.1) is 0 Å². The highest BCUT2D eigenvalue weighted by Gasteiger charge is 2.58. The van der Waals surface area contributed by atoms with E-state index >= 15 is 4.39 Å². The zero-order valence-electron chi connectivity index (χ0n) is 25.0. The van der Waals surface area contributed by atoms with Crippen LogP contribution in [0, 0.1) is 5.92 Å². The number of alkyl halides is 3. The van der Waals surface area contributed by atoms with Crippen molar-refractivity contribution in [2.24, 2.45) is 5.92 Å². The summed E-state index contributed by atoms with van der Waals surface area (Å²) in [5.41, 5.74) is -0.395. The van der Waals surface area contributed by atoms with Gasteiger partial charge < -0.3 is 28.9 Å². The van der Waals surface area contributed by atoms with Crippen LogP contribution < -0.4 is 14.3 Å². The Balaban J connectivity index is 1.48. The van der Waals surface area contributed by atoms with Gasteiger partial charge in [0.1, 0.15) is 30.3 Å². The number of aliphatic hydroxyl groups excluding tert-OH is 1. The van der Waals surface area contributed by atoms with Crippen LogP contribution in [0.3, 0.4) is 0 Å². The molecule has 2 aromatic heterocycles. The van der Waals surface area contributed by atoms with Crippen molar-refractivity contribution in [2.45, 2.75) is 75.7 Å². The molecule has 6 bridgehead atoms. The zero-order valence-corrected chi connectivity index (χ0v) is 25.9. The highest BCUT2D eigenvalue weighted by atomic mass is 31.2. The summed E-state index contributed by atoms with van der Waals surface area (Å²) in [5, 5.41) is 28.0. The Morgan fingerprint density at radius 3 is 2.67 bits per heavy atom. The first-order chi connectivity index (χ1) is 21.8. The van der Waals surface area contributed by atoms with Gasteiger partial charge in [0.25, 0.3) is 17.7 Å². The molecular formula is C28H35F3N5O9P. The van der Waals surface area contributed by atoms with Crippen LogP contribution in [0.25, 0.3) is 5.65 Å². The molecule has 18 heteroatoms. The first kappa shape index (κ1) is 34.0. The van der Waals surface area contributed by atoms with E-state index in [1.807, 2.05) is 0 Å². The number of benzene rings is 1. The predicted octanol–water partition coefficient (Wildman–Crippen LogP) is 3.53. The van der Waals surface area contributed by atoms with Gasteiger partial charge in [-0.25, -0.2) is 27.2 Å². The largest absolute Gasteiger partial charge is 0.469 e. The molecule has 3 aromatic rings. The minimum atomic E-state index is -4.51. The highest BCUT2D eigenvalue weighted by molar-refractivity contribution is 7.52. The second-order valence-corrected chi connectivity index (χ2v) is 13.2. The van der Waals surface area contributed by atoms with E-state index in [4.69, 9.17) is 23.3 Å². The number of fused-ring (bicyclic) bond motifs is 3. The Morgan fingerprint density at radius 1 is 1.17 bits per heavy atom. The third-order valence-electron chi connectivity index (χ3n) is 7.30. The van der Waals surface area contributed by atoms with Crippen LogP contribution >= 0.6 is 7.75 Å². The first-order valence-electron chi connectivity index (χ1n) is 14.7. The molecule has 46 heavy (non-hydrogen) atoms. The number of cyclic esters (lactones) is 1. The summed E-state index contributed by atoms with van der Waals surface area (Å²) >= 11 is 0. The lowest BCUT2D eigenvalue weighted by molar-refractivity contribution is -0.177. The van der Waals surface area contributed by atoms with Crippen molar-refractivity contribution in [3.8, 4) is 11.6 Å². The molecule has 1 fully saturated rings. The van der Waals surface area contributed by atoms with Crippen LogP contribution in [0.2, 0.25) is 0 Å². The molecular weight excluding hydrogens is 638 g/mol. The monoisotopic (exact) mass is 673 g/mol. The summed E-state index contributed by atoms with van der Waals surface area (Å²) in [6, 6.07) is 6.63. The fourth-order valence-electron chi connectivity index (χ4n) is 5.01. The number of carbonyl (C=O) groups is 1. The van der Waals surface area contributed by atoms with Gasteiger partial charge in [-0.05, 0) is 37.3 Å². The average Bonchev–Trinajstić information content (AvgIpc) is 3.52. The van der Waals surface area contributed by atoms with Crippen LogP contribution in [0.5, 0.6) is 11.6 Å². The molecule has 252 valence electrons. The average molecular weight is 674 g/mol. The molecule has 2 aliphatic rings. The smallest absolute Gasteiger partial charge is 0.459 e. The lowest BCUT2D eigenvalue weighted by Crippen LogP contribution is -2.43. The third kappa shape index (κ3) is 7.78. The molecule has 0 saturated carbocycles. The molecule has 0 amide bonds. The van der Waals surface area contributed by atoms with Gasteiger partial charge in [0.05, 0.1) is 25.1 Å². The maximum atomic E-state index is 15.7. The highest BCUT2D eigenvalue weighted by Crippen LogP contribution is 2.48. The molecule has 0 aliphatic carbocycles. The van der Waals surface area contributed by atoms with Crippen LogP contribution in [0.1, 0.15) is 51.3 Å². The van der Waals surface area contributed by atoms with Crippen molar-refractivity contribution in [1.29, 1.82) is 0 Å². The summed E-state index contributed by atoms with van der Waals surface area (Å²) in [6.07, 6.45) is -4.17. The molecule has 5 rings (SSSR count). The fourth-order valence-corrected chi connectivity index (χ4v) is 6.53. The molecule has 1 aromatic carbocycles. The molecule has 1 unspecified atom stereocenters. The minimum absolute atomic E-state index is 0.0187. The molecule has 6 atom stereocenters. The Morgan fingerprint density at radius 2 is 1.93 bits per heavy atom. The van der Waals surface area contributed by atoms with E-state index < -0.39 is 69.5 Å². The molecule has 14 nitrogen and oxygen atoms in total. The number of aromatic nitrogens is 4. The van der Waals surface area contributed by atoms with Gasteiger partial charge >= 0.3 is 13.7 Å². The van der Waals surface area contributed by atoms with Crippen LogP contribution in [0.15, 0.2) is 42.9 Å². The third-order valence-corrected chi connectivity index (χ3v) is 8.86. The molecule has 0 spiro atoms. The summed E-state index contributed by atoms with van der Waals surface area (Å²) in [6.45, 7) is 1.57. The van der Waals surface area contributed by atoms with Gasteiger partial charge in [0.15, 0.2) is 12.7 Å². The summed E-state index contributed by atoms with van der Waals surface area (Å²) in [7, 11) is -4.51. The lowest BCUT2D eigenvalue weighted by Gasteiger charge is -2.27. The molecule has 0 radical (unpaired) electrons. The summed E-state index contributed by atoms with van der Waals surface area (Å²) in [5.74, 6) is -7.93. The van der Waals surface area contributed by atoms with Crippen molar-refractivity contribution < 1.29 is 56.0 Å². The number of hydrogen-bond acceptors (Lipinski definition) is 12. The Bertz CT molecular complexity index is 1550. The molecule has 1 saturated heterocycles. The summed E-state index contributed by atoms with van der Waals surface area (Å²) < 4.78 is 87.7. The Labute approximate surface area is 261 Å². The van der Waals surface area contributed by atoms with Crippen molar-refractivity contribution >= 4 is 19.4 Å². The number of esters is 1. The van der Waals surface area contributed by atoms with Crippen LogP contribution in [0.4, 0.5) is 13.2 Å². The number of para-hydroxylation sites is 1. The maximum absolute atomic E-state index is 15.7. The van der Waals surface area contributed by atoms with E-state index in [9.17, 15) is 28.4 Å². The second kappa shape index (κ2) is 13.8. The number of rotatable bonds is 4.